The molecule has 2 aromatic rings. The minimum absolute atomic E-state index is 0.0508. The van der Waals surface area contributed by atoms with Crippen LogP contribution in [0.5, 0.6) is 0 Å². The van der Waals surface area contributed by atoms with Crippen molar-refractivity contribution in [3.8, 4) is 0 Å². The lowest BCUT2D eigenvalue weighted by Gasteiger charge is -2.37. The van der Waals surface area contributed by atoms with Gasteiger partial charge in [-0.15, -0.1) is 11.3 Å². The number of nitrogens with one attached hydrogen (secondary N) is 1. The molecule has 0 unspecified atom stereocenters. The highest BCUT2D eigenvalue weighted by atomic mass is 32.1. The molecule has 1 N–H and O–H groups in total. The van der Waals surface area contributed by atoms with Crippen molar-refractivity contribution in [3.63, 3.8) is 0 Å². The molecule has 3 rings (SSSR count). The fraction of sp³-hybridized carbons (Fsp3) is 0.421. The van der Waals surface area contributed by atoms with Crippen LogP contribution in [-0.4, -0.2) is 37.1 Å². The number of carbonyl (C=O) groups excluding carboxylic acids is 1. The van der Waals surface area contributed by atoms with Gasteiger partial charge in [0.05, 0.1) is 6.04 Å². The van der Waals surface area contributed by atoms with Gasteiger partial charge in [0.25, 0.3) is 0 Å². The number of hydrogen-bond acceptors (Lipinski definition) is 3. The molecule has 1 saturated heterocycles. The molecule has 1 aliphatic rings. The first-order valence-corrected chi connectivity index (χ1v) is 9.42. The molecule has 1 aromatic carbocycles. The van der Waals surface area contributed by atoms with Crippen LogP contribution in [0.25, 0.3) is 0 Å². The molecule has 2 heterocycles. The van der Waals surface area contributed by atoms with Crippen molar-refractivity contribution in [2.24, 2.45) is 5.92 Å². The predicted molar refractivity (Wildman–Crippen MR) is 101 cm³/mol. The lowest BCUT2D eigenvalue weighted by molar-refractivity contribution is 0.187. The molecule has 1 atom stereocenters. The fourth-order valence-electron chi connectivity index (χ4n) is 3.07. The molecule has 1 aromatic heterocycles. The van der Waals surface area contributed by atoms with E-state index < -0.39 is 0 Å². The van der Waals surface area contributed by atoms with Crippen molar-refractivity contribution in [1.82, 2.24) is 10.2 Å². The van der Waals surface area contributed by atoms with Gasteiger partial charge in [0.2, 0.25) is 0 Å². The molecule has 1 aliphatic heterocycles. The number of hydrogen-bond donors (Lipinski definition) is 1. The first-order valence-electron chi connectivity index (χ1n) is 8.54. The first-order chi connectivity index (χ1) is 11.6. The van der Waals surface area contributed by atoms with Gasteiger partial charge in [-0.25, -0.2) is 4.79 Å². The van der Waals surface area contributed by atoms with Crippen molar-refractivity contribution >= 4 is 23.1 Å². The van der Waals surface area contributed by atoms with Crippen LogP contribution in [0.1, 0.15) is 24.8 Å². The number of para-hydroxylation sites is 1. The van der Waals surface area contributed by atoms with Crippen LogP contribution < -0.4 is 10.2 Å². The van der Waals surface area contributed by atoms with E-state index in [9.17, 15) is 4.79 Å². The third-order valence-electron chi connectivity index (χ3n) is 4.48. The van der Waals surface area contributed by atoms with E-state index in [1.54, 1.807) is 11.3 Å². The molecule has 0 spiro atoms. The normalized spacial score (nSPS) is 16.3. The number of nitrogens with zero attached hydrogens (tertiary/aromatic N) is 2. The monoisotopic (exact) mass is 343 g/mol. The van der Waals surface area contributed by atoms with Crippen LogP contribution in [0.4, 0.5) is 10.5 Å². The van der Waals surface area contributed by atoms with E-state index in [0.29, 0.717) is 5.92 Å². The molecular weight excluding hydrogens is 318 g/mol. The van der Waals surface area contributed by atoms with Gasteiger partial charge in [-0.05, 0) is 29.5 Å². The fourth-order valence-corrected chi connectivity index (χ4v) is 4.01. The smallest absolute Gasteiger partial charge is 0.318 e. The van der Waals surface area contributed by atoms with Gasteiger partial charge in [-0.2, -0.15) is 0 Å². The Kier molecular flexibility index (Phi) is 5.41. The molecule has 24 heavy (non-hydrogen) atoms. The Balaban J connectivity index is 1.57. The van der Waals surface area contributed by atoms with Crippen molar-refractivity contribution in [2.45, 2.75) is 19.9 Å². The van der Waals surface area contributed by atoms with Gasteiger partial charge >= 0.3 is 6.03 Å². The number of thiophene rings is 1. The molecule has 0 aliphatic carbocycles. The molecule has 2 amide bonds. The zero-order chi connectivity index (χ0) is 16.9. The Bertz CT molecular complexity index is 634. The second-order valence-corrected chi connectivity index (χ2v) is 7.48. The summed E-state index contributed by atoms with van der Waals surface area (Å²) in [5.41, 5.74) is 1.23. The number of urea groups is 1. The first kappa shape index (κ1) is 16.8. The zero-order valence-electron chi connectivity index (χ0n) is 14.3. The average molecular weight is 343 g/mol. The second-order valence-electron chi connectivity index (χ2n) is 6.50. The van der Waals surface area contributed by atoms with Crippen LogP contribution in [0, 0.1) is 5.92 Å². The molecule has 5 heteroatoms. The molecular formula is C19H25N3OS. The Morgan fingerprint density at radius 1 is 1.04 bits per heavy atom. The lowest BCUT2D eigenvalue weighted by atomic mass is 10.0. The summed E-state index contributed by atoms with van der Waals surface area (Å²) >= 11 is 1.70. The van der Waals surface area contributed by atoms with Crippen molar-refractivity contribution < 1.29 is 4.79 Å². The number of benzene rings is 1. The Morgan fingerprint density at radius 2 is 1.75 bits per heavy atom. The quantitative estimate of drug-likeness (QED) is 0.911. The van der Waals surface area contributed by atoms with Gasteiger partial charge in [0.15, 0.2) is 0 Å². The van der Waals surface area contributed by atoms with Crippen LogP contribution in [-0.2, 0) is 0 Å². The van der Waals surface area contributed by atoms with Gasteiger partial charge in [0, 0.05) is 36.7 Å². The zero-order valence-corrected chi connectivity index (χ0v) is 15.1. The van der Waals surface area contributed by atoms with Gasteiger partial charge in [0.1, 0.15) is 0 Å². The molecule has 4 nitrogen and oxygen atoms in total. The second kappa shape index (κ2) is 7.71. The molecule has 1 fully saturated rings. The SMILES string of the molecule is CC(C)[C@@H](NC(=O)N1CCN(c2ccccc2)CC1)c1cccs1. The van der Waals surface area contributed by atoms with E-state index in [-0.39, 0.29) is 12.1 Å². The number of carbonyl (C=O) groups is 1. The summed E-state index contributed by atoms with van der Waals surface area (Å²) in [7, 11) is 0. The highest BCUT2D eigenvalue weighted by molar-refractivity contribution is 7.10. The largest absolute Gasteiger partial charge is 0.368 e. The number of piperazine rings is 1. The Hall–Kier alpha value is -2.01. The van der Waals surface area contributed by atoms with Crippen molar-refractivity contribution in [1.29, 1.82) is 0 Å². The van der Waals surface area contributed by atoms with Crippen LogP contribution in [0.3, 0.4) is 0 Å². The van der Waals surface area contributed by atoms with Crippen LogP contribution in [0.2, 0.25) is 0 Å². The minimum atomic E-state index is 0.0508. The molecule has 0 saturated carbocycles. The van der Waals surface area contributed by atoms with E-state index in [1.807, 2.05) is 17.0 Å². The Labute approximate surface area is 148 Å². The molecule has 0 bridgehead atoms. The molecule has 128 valence electrons. The van der Waals surface area contributed by atoms with E-state index in [4.69, 9.17) is 0 Å². The highest BCUT2D eigenvalue weighted by Gasteiger charge is 2.25. The lowest BCUT2D eigenvalue weighted by Crippen LogP contribution is -2.52. The summed E-state index contributed by atoms with van der Waals surface area (Å²) in [4.78, 5) is 18.1. The van der Waals surface area contributed by atoms with Gasteiger partial charge in [-0.1, -0.05) is 38.1 Å². The van der Waals surface area contributed by atoms with Crippen molar-refractivity contribution in [3.05, 3.63) is 52.7 Å². The van der Waals surface area contributed by atoms with Gasteiger partial charge < -0.3 is 15.1 Å². The maximum Gasteiger partial charge on any atom is 0.318 e. The standard InChI is InChI=1S/C19H25N3OS/c1-15(2)18(17-9-6-14-24-17)20-19(23)22-12-10-21(11-13-22)16-7-4-3-5-8-16/h3-9,14-15,18H,10-13H2,1-2H3,(H,20,23)/t18-/m1/s1. The topological polar surface area (TPSA) is 35.6 Å². The van der Waals surface area contributed by atoms with Crippen molar-refractivity contribution in [2.75, 3.05) is 31.1 Å². The summed E-state index contributed by atoms with van der Waals surface area (Å²) < 4.78 is 0. The molecule has 0 radical (unpaired) electrons. The highest BCUT2D eigenvalue weighted by Crippen LogP contribution is 2.26. The number of amides is 2. The third-order valence-corrected chi connectivity index (χ3v) is 5.44. The third kappa shape index (κ3) is 3.90. The van der Waals surface area contributed by atoms with Crippen LogP contribution >= 0.6 is 11.3 Å². The number of anilines is 1. The predicted octanol–water partition coefficient (Wildman–Crippen LogP) is 3.98. The summed E-state index contributed by atoms with van der Waals surface area (Å²) in [6.45, 7) is 7.58. The summed E-state index contributed by atoms with van der Waals surface area (Å²) in [6.07, 6.45) is 0. The minimum Gasteiger partial charge on any atom is -0.368 e. The maximum atomic E-state index is 12.7. The van der Waals surface area contributed by atoms with Gasteiger partial charge in [-0.3, -0.25) is 0 Å². The number of rotatable bonds is 4. The summed E-state index contributed by atoms with van der Waals surface area (Å²) in [5.74, 6) is 0.373. The van der Waals surface area contributed by atoms with E-state index in [0.717, 1.165) is 26.2 Å². The van der Waals surface area contributed by atoms with E-state index in [2.05, 4.69) is 59.8 Å². The summed E-state index contributed by atoms with van der Waals surface area (Å²) in [5, 5.41) is 5.29. The maximum absolute atomic E-state index is 12.7. The summed E-state index contributed by atoms with van der Waals surface area (Å²) in [6, 6.07) is 14.7. The van der Waals surface area contributed by atoms with Crippen LogP contribution in [0.15, 0.2) is 47.8 Å². The van der Waals surface area contributed by atoms with E-state index >= 15 is 0 Å². The Morgan fingerprint density at radius 3 is 2.33 bits per heavy atom. The average Bonchev–Trinajstić information content (AvgIpc) is 3.14. The van der Waals surface area contributed by atoms with E-state index in [1.165, 1.54) is 10.6 Å².